The minimum atomic E-state index is -2.68. The summed E-state index contributed by atoms with van der Waals surface area (Å²) in [7, 11) is 2.68. The average molecular weight is 312 g/mol. The highest BCUT2D eigenvalue weighted by atomic mass is 16.6. The van der Waals surface area contributed by atoms with Gasteiger partial charge in [0.05, 0.1) is 33.0 Å². The fraction of sp³-hybridized carbons (Fsp3) is 0.467. The van der Waals surface area contributed by atoms with E-state index in [1.54, 1.807) is 19.9 Å². The van der Waals surface area contributed by atoms with Crippen molar-refractivity contribution in [2.24, 2.45) is 0 Å². The largest absolute Gasteiger partial charge is 0.496 e. The third kappa shape index (κ3) is 3.14. The van der Waals surface area contributed by atoms with Crippen LogP contribution in [0.2, 0.25) is 0 Å². The van der Waals surface area contributed by atoms with Crippen LogP contribution < -0.4 is 9.47 Å². The minimum Gasteiger partial charge on any atom is -0.496 e. The molecule has 0 aliphatic rings. The van der Waals surface area contributed by atoms with Gasteiger partial charge in [-0.3, -0.25) is 0 Å². The fourth-order valence-electron chi connectivity index (χ4n) is 1.97. The van der Waals surface area contributed by atoms with Crippen molar-refractivity contribution in [2.75, 3.05) is 27.4 Å². The quantitative estimate of drug-likeness (QED) is 0.593. The molecule has 7 heteroatoms. The van der Waals surface area contributed by atoms with E-state index in [4.69, 9.17) is 18.9 Å². The van der Waals surface area contributed by atoms with Crippen LogP contribution in [0.1, 0.15) is 19.4 Å². The number of benzene rings is 1. The first-order valence-corrected chi connectivity index (χ1v) is 6.75. The van der Waals surface area contributed by atoms with Gasteiger partial charge in [0, 0.05) is 0 Å². The predicted molar refractivity (Wildman–Crippen MR) is 76.7 cm³/mol. The number of ether oxygens (including phenoxy) is 4. The third-order valence-corrected chi connectivity index (χ3v) is 2.93. The monoisotopic (exact) mass is 312 g/mol. The van der Waals surface area contributed by atoms with Crippen molar-refractivity contribution in [1.82, 2.24) is 0 Å². The van der Waals surface area contributed by atoms with Crippen LogP contribution in [0, 0.1) is 0 Å². The van der Waals surface area contributed by atoms with Crippen molar-refractivity contribution >= 4 is 11.9 Å². The van der Waals surface area contributed by atoms with Crippen molar-refractivity contribution in [3.63, 3.8) is 0 Å². The lowest BCUT2D eigenvalue weighted by molar-refractivity contribution is -0.185. The fourth-order valence-corrected chi connectivity index (χ4v) is 1.97. The number of hydrogen-bond donors (Lipinski definition) is 1. The maximum atomic E-state index is 12.2. The highest BCUT2D eigenvalue weighted by molar-refractivity contribution is 6.05. The molecule has 0 unspecified atom stereocenters. The zero-order valence-electron chi connectivity index (χ0n) is 13.0. The third-order valence-electron chi connectivity index (χ3n) is 2.93. The molecule has 0 amide bonds. The van der Waals surface area contributed by atoms with Gasteiger partial charge in [0.2, 0.25) is 0 Å². The molecule has 0 fully saturated rings. The molecule has 0 aromatic heterocycles. The normalized spacial score (nSPS) is 10.8. The van der Waals surface area contributed by atoms with Gasteiger partial charge in [-0.2, -0.15) is 0 Å². The molecular weight excluding hydrogens is 292 g/mol. The molecule has 0 saturated carbocycles. The summed E-state index contributed by atoms with van der Waals surface area (Å²) in [5.74, 6) is -2.11. The Morgan fingerprint density at radius 1 is 1.00 bits per heavy atom. The van der Waals surface area contributed by atoms with Crippen LogP contribution in [-0.2, 0) is 24.7 Å². The molecule has 7 nitrogen and oxygen atoms in total. The molecular formula is C15H20O7. The van der Waals surface area contributed by atoms with Crippen LogP contribution in [0.15, 0.2) is 18.2 Å². The lowest BCUT2D eigenvalue weighted by Gasteiger charge is -2.27. The number of esters is 2. The second-order valence-electron chi connectivity index (χ2n) is 4.19. The lowest BCUT2D eigenvalue weighted by atomic mass is 9.91. The summed E-state index contributed by atoms with van der Waals surface area (Å²) in [4.78, 5) is 24.5. The predicted octanol–water partition coefficient (Wildman–Crippen LogP) is 1.02. The Bertz CT molecular complexity index is 498. The Kier molecular flexibility index (Phi) is 6.18. The Labute approximate surface area is 128 Å². The van der Waals surface area contributed by atoms with Crippen LogP contribution in [0.5, 0.6) is 11.5 Å². The Hall–Kier alpha value is -2.28. The summed E-state index contributed by atoms with van der Waals surface area (Å²) in [6.45, 7) is 3.09. The molecule has 0 aliphatic heterocycles. The summed E-state index contributed by atoms with van der Waals surface area (Å²) in [6, 6.07) is 4.57. The summed E-state index contributed by atoms with van der Waals surface area (Å²) >= 11 is 0. The summed E-state index contributed by atoms with van der Waals surface area (Å²) in [5.41, 5.74) is -2.83. The number of carbonyl (C=O) groups excluding carboxylic acids is 2. The van der Waals surface area contributed by atoms with Gasteiger partial charge < -0.3 is 24.1 Å². The van der Waals surface area contributed by atoms with E-state index in [2.05, 4.69) is 0 Å². The van der Waals surface area contributed by atoms with Crippen LogP contribution in [0.3, 0.4) is 0 Å². The van der Waals surface area contributed by atoms with Crippen LogP contribution in [0.25, 0.3) is 0 Å². The first-order chi connectivity index (χ1) is 10.5. The van der Waals surface area contributed by atoms with Crippen molar-refractivity contribution < 1.29 is 33.6 Å². The number of aliphatic hydroxyl groups is 1. The van der Waals surface area contributed by atoms with Crippen molar-refractivity contribution in [2.45, 2.75) is 19.4 Å². The van der Waals surface area contributed by atoms with Crippen molar-refractivity contribution in [1.29, 1.82) is 0 Å². The van der Waals surface area contributed by atoms with E-state index in [-0.39, 0.29) is 30.3 Å². The van der Waals surface area contributed by atoms with Gasteiger partial charge in [0.1, 0.15) is 11.5 Å². The molecule has 1 N–H and O–H groups in total. The van der Waals surface area contributed by atoms with Gasteiger partial charge in [-0.1, -0.05) is 6.07 Å². The van der Waals surface area contributed by atoms with Crippen LogP contribution in [0.4, 0.5) is 0 Å². The molecule has 0 aliphatic carbocycles. The van der Waals surface area contributed by atoms with Crippen LogP contribution in [-0.4, -0.2) is 44.5 Å². The molecule has 0 atom stereocenters. The van der Waals surface area contributed by atoms with E-state index in [0.717, 1.165) is 0 Å². The Morgan fingerprint density at radius 2 is 1.41 bits per heavy atom. The molecule has 1 aromatic rings. The van der Waals surface area contributed by atoms with Gasteiger partial charge in [0.15, 0.2) is 0 Å². The Morgan fingerprint density at radius 3 is 1.73 bits per heavy atom. The van der Waals surface area contributed by atoms with Crippen molar-refractivity contribution in [3.8, 4) is 11.5 Å². The highest BCUT2D eigenvalue weighted by Crippen LogP contribution is 2.39. The molecule has 0 spiro atoms. The number of rotatable bonds is 7. The topological polar surface area (TPSA) is 91.3 Å². The van der Waals surface area contributed by atoms with Gasteiger partial charge in [0.25, 0.3) is 5.60 Å². The first-order valence-electron chi connectivity index (χ1n) is 6.75. The Balaban J connectivity index is 3.58. The zero-order chi connectivity index (χ0) is 16.8. The summed E-state index contributed by atoms with van der Waals surface area (Å²) in [6.07, 6.45) is 0. The standard InChI is InChI=1S/C15H20O7/c1-5-21-13(16)15(18,14(17)22-6-2)12-10(19-3)8-7-9-11(12)20-4/h7-9,18H,5-6H2,1-4H3. The van der Waals surface area contributed by atoms with E-state index in [0.29, 0.717) is 0 Å². The maximum Gasteiger partial charge on any atom is 0.355 e. The SMILES string of the molecule is CCOC(=O)C(O)(C(=O)OCC)c1c(OC)cccc1OC. The summed E-state index contributed by atoms with van der Waals surface area (Å²) in [5, 5.41) is 10.8. The van der Waals surface area contributed by atoms with Gasteiger partial charge in [-0.15, -0.1) is 0 Å². The van der Waals surface area contributed by atoms with E-state index in [1.165, 1.54) is 26.4 Å². The molecule has 0 radical (unpaired) electrons. The lowest BCUT2D eigenvalue weighted by Crippen LogP contribution is -2.46. The molecule has 0 bridgehead atoms. The summed E-state index contributed by atoms with van der Waals surface area (Å²) < 4.78 is 19.9. The molecule has 122 valence electrons. The van der Waals surface area contributed by atoms with Gasteiger partial charge in [-0.25, -0.2) is 9.59 Å². The minimum absolute atomic E-state index is 0.0159. The first kappa shape index (κ1) is 17.8. The van der Waals surface area contributed by atoms with E-state index in [9.17, 15) is 14.7 Å². The zero-order valence-corrected chi connectivity index (χ0v) is 13.0. The number of carbonyl (C=O) groups is 2. The number of methoxy groups -OCH3 is 2. The number of hydrogen-bond acceptors (Lipinski definition) is 7. The second kappa shape index (κ2) is 7.65. The molecule has 0 heterocycles. The van der Waals surface area contributed by atoms with E-state index < -0.39 is 17.5 Å². The average Bonchev–Trinajstić information content (AvgIpc) is 2.53. The van der Waals surface area contributed by atoms with E-state index >= 15 is 0 Å². The van der Waals surface area contributed by atoms with Gasteiger partial charge in [-0.05, 0) is 26.0 Å². The van der Waals surface area contributed by atoms with Crippen molar-refractivity contribution in [3.05, 3.63) is 23.8 Å². The van der Waals surface area contributed by atoms with Gasteiger partial charge >= 0.3 is 11.9 Å². The molecule has 0 saturated heterocycles. The van der Waals surface area contributed by atoms with Crippen LogP contribution >= 0.6 is 0 Å². The molecule has 22 heavy (non-hydrogen) atoms. The smallest absolute Gasteiger partial charge is 0.355 e. The van der Waals surface area contributed by atoms with E-state index in [1.807, 2.05) is 0 Å². The molecule has 1 aromatic carbocycles. The second-order valence-corrected chi connectivity index (χ2v) is 4.19. The maximum absolute atomic E-state index is 12.2. The molecule has 1 rings (SSSR count). The highest BCUT2D eigenvalue weighted by Gasteiger charge is 2.53.